The summed E-state index contributed by atoms with van der Waals surface area (Å²) >= 11 is 0. The number of benzene rings is 1. The van der Waals surface area contributed by atoms with E-state index < -0.39 is 6.29 Å². The molecule has 0 bridgehead atoms. The van der Waals surface area contributed by atoms with Crippen LogP contribution in [0.25, 0.3) is 16.6 Å². The first kappa shape index (κ1) is 16.4. The Hall–Kier alpha value is -3.60. The molecule has 0 amide bonds. The van der Waals surface area contributed by atoms with Crippen molar-refractivity contribution in [2.24, 2.45) is 0 Å². The Labute approximate surface area is 161 Å². The number of nitrogen functional groups attached to an aromatic ring is 1. The highest BCUT2D eigenvalue weighted by Gasteiger charge is 2.45. The second-order valence-electron chi connectivity index (χ2n) is 6.94. The van der Waals surface area contributed by atoms with Crippen LogP contribution in [0, 0.1) is 0 Å². The molecule has 6 rings (SSSR count). The van der Waals surface area contributed by atoms with Crippen molar-refractivity contribution in [3.05, 3.63) is 47.5 Å². The van der Waals surface area contributed by atoms with Gasteiger partial charge in [-0.1, -0.05) is 6.07 Å². The van der Waals surface area contributed by atoms with Crippen LogP contribution in [0.3, 0.4) is 0 Å². The lowest BCUT2D eigenvalue weighted by Crippen LogP contribution is -2.26. The number of nitrogens with two attached hydrogens (primary N) is 1. The van der Waals surface area contributed by atoms with Gasteiger partial charge in [0.05, 0.1) is 12.2 Å². The number of anilines is 1. The van der Waals surface area contributed by atoms with Gasteiger partial charge in [-0.05, 0) is 23.8 Å². The summed E-state index contributed by atoms with van der Waals surface area (Å²) in [5, 5.41) is 4.94. The molecule has 0 radical (unpaired) electrons. The maximum Gasteiger partial charge on any atom is 0.586 e. The fraction of sp³-hybridized carbons (Fsp3) is 0.222. The van der Waals surface area contributed by atoms with Crippen molar-refractivity contribution >= 4 is 22.5 Å². The predicted molar refractivity (Wildman–Crippen MR) is 96.1 cm³/mol. The largest absolute Gasteiger partial charge is 0.586 e. The maximum atomic E-state index is 13.5. The van der Waals surface area contributed by atoms with Gasteiger partial charge < -0.3 is 15.2 Å². The van der Waals surface area contributed by atoms with Gasteiger partial charge in [0.25, 0.3) is 0 Å². The number of ether oxygens (including phenoxy) is 2. The van der Waals surface area contributed by atoms with Crippen molar-refractivity contribution < 1.29 is 18.3 Å². The van der Waals surface area contributed by atoms with Crippen LogP contribution in [0.2, 0.25) is 0 Å². The average molecular weight is 397 g/mol. The Morgan fingerprint density at radius 2 is 2.03 bits per heavy atom. The number of fused-ring (bicyclic) bond motifs is 6. The molecule has 146 valence electrons. The Morgan fingerprint density at radius 1 is 1.14 bits per heavy atom. The number of hydrogen-bond donors (Lipinski definition) is 1. The summed E-state index contributed by atoms with van der Waals surface area (Å²) in [6, 6.07) is 6.95. The highest BCUT2D eigenvalue weighted by atomic mass is 19.3. The highest BCUT2D eigenvalue weighted by molar-refractivity contribution is 5.97. The van der Waals surface area contributed by atoms with Gasteiger partial charge in [0.15, 0.2) is 23.0 Å². The maximum absolute atomic E-state index is 13.5. The number of pyridine rings is 1. The van der Waals surface area contributed by atoms with Crippen molar-refractivity contribution in [2.45, 2.75) is 25.9 Å². The monoisotopic (exact) mass is 397 g/mol. The van der Waals surface area contributed by atoms with E-state index in [0.717, 1.165) is 12.2 Å². The number of aromatic nitrogens is 5. The van der Waals surface area contributed by atoms with Gasteiger partial charge in [0.2, 0.25) is 5.95 Å². The fourth-order valence-electron chi connectivity index (χ4n) is 3.79. The standard InChI is InChI=1S/C18H13F2N7O2/c19-18(20)28-12-4-3-10-14(15(12)29-18)24-17(21)27-16(10)23-13(25-27)8-26-6-9-2-1-5-22-11(9)7-26/h1-5H,6-8H2,(H2,21,24). The van der Waals surface area contributed by atoms with E-state index in [1.54, 1.807) is 12.3 Å². The van der Waals surface area contributed by atoms with E-state index in [4.69, 9.17) is 5.73 Å². The smallest absolute Gasteiger partial charge is 0.395 e. The number of halogens is 2. The molecule has 5 heterocycles. The normalized spacial score (nSPS) is 17.3. The Balaban J connectivity index is 1.41. The summed E-state index contributed by atoms with van der Waals surface area (Å²) in [4.78, 5) is 15.3. The Kier molecular flexibility index (Phi) is 3.09. The zero-order chi connectivity index (χ0) is 19.8. The molecule has 0 aliphatic carbocycles. The number of rotatable bonds is 2. The molecule has 0 spiro atoms. The lowest BCUT2D eigenvalue weighted by atomic mass is 10.2. The van der Waals surface area contributed by atoms with E-state index in [0.29, 0.717) is 29.9 Å². The summed E-state index contributed by atoms with van der Waals surface area (Å²) in [7, 11) is 0. The van der Waals surface area contributed by atoms with Gasteiger partial charge in [-0.15, -0.1) is 13.9 Å². The zero-order valence-electron chi connectivity index (χ0n) is 14.8. The van der Waals surface area contributed by atoms with Crippen LogP contribution in [-0.2, 0) is 19.6 Å². The van der Waals surface area contributed by atoms with Crippen molar-refractivity contribution in [1.29, 1.82) is 0 Å². The molecule has 3 aromatic heterocycles. The summed E-state index contributed by atoms with van der Waals surface area (Å²) < 4.78 is 37.5. The molecule has 0 saturated carbocycles. The molecule has 1 aromatic carbocycles. The topological polar surface area (TPSA) is 104 Å². The van der Waals surface area contributed by atoms with E-state index in [-0.39, 0.29) is 23.0 Å². The molecular weight excluding hydrogens is 384 g/mol. The number of nitrogens with zero attached hydrogens (tertiary/aromatic N) is 6. The fourth-order valence-corrected chi connectivity index (χ4v) is 3.79. The van der Waals surface area contributed by atoms with Gasteiger partial charge in [-0.25, -0.2) is 9.97 Å². The first-order chi connectivity index (χ1) is 14.0. The van der Waals surface area contributed by atoms with Crippen LogP contribution in [0.5, 0.6) is 11.5 Å². The molecular formula is C18H13F2N7O2. The molecule has 2 aliphatic heterocycles. The quantitative estimate of drug-likeness (QED) is 0.548. The van der Waals surface area contributed by atoms with E-state index >= 15 is 0 Å². The third-order valence-electron chi connectivity index (χ3n) is 5.00. The molecule has 0 saturated heterocycles. The van der Waals surface area contributed by atoms with E-state index in [2.05, 4.69) is 34.4 Å². The third kappa shape index (κ3) is 2.47. The number of hydrogen-bond acceptors (Lipinski definition) is 8. The summed E-state index contributed by atoms with van der Waals surface area (Å²) in [6.45, 7) is 1.94. The van der Waals surface area contributed by atoms with Crippen LogP contribution in [0.15, 0.2) is 30.5 Å². The van der Waals surface area contributed by atoms with Gasteiger partial charge >= 0.3 is 6.29 Å². The highest BCUT2D eigenvalue weighted by Crippen LogP contribution is 2.45. The van der Waals surface area contributed by atoms with E-state index in [9.17, 15) is 8.78 Å². The Bertz CT molecular complexity index is 1280. The minimum absolute atomic E-state index is 0.0184. The van der Waals surface area contributed by atoms with Crippen LogP contribution in [0.1, 0.15) is 17.1 Å². The molecule has 2 aliphatic rings. The zero-order valence-corrected chi connectivity index (χ0v) is 14.8. The lowest BCUT2D eigenvalue weighted by molar-refractivity contribution is -0.286. The molecule has 29 heavy (non-hydrogen) atoms. The van der Waals surface area contributed by atoms with Gasteiger partial charge in [-0.3, -0.25) is 9.88 Å². The van der Waals surface area contributed by atoms with Crippen molar-refractivity contribution in [2.75, 3.05) is 5.73 Å². The van der Waals surface area contributed by atoms with Gasteiger partial charge in [0, 0.05) is 24.7 Å². The van der Waals surface area contributed by atoms with Crippen molar-refractivity contribution in [1.82, 2.24) is 29.5 Å². The van der Waals surface area contributed by atoms with Crippen LogP contribution in [-0.4, -0.2) is 35.8 Å². The minimum atomic E-state index is -3.74. The van der Waals surface area contributed by atoms with Gasteiger partial charge in [0.1, 0.15) is 5.52 Å². The predicted octanol–water partition coefficient (Wildman–Crippen LogP) is 2.09. The Morgan fingerprint density at radius 3 is 2.90 bits per heavy atom. The van der Waals surface area contributed by atoms with E-state index in [1.807, 2.05) is 12.1 Å². The second kappa shape index (κ2) is 5.47. The first-order valence-corrected chi connectivity index (χ1v) is 8.86. The average Bonchev–Trinajstić information content (AvgIpc) is 3.35. The molecule has 2 N–H and O–H groups in total. The van der Waals surface area contributed by atoms with Crippen molar-refractivity contribution in [3.63, 3.8) is 0 Å². The van der Waals surface area contributed by atoms with Crippen LogP contribution < -0.4 is 15.2 Å². The van der Waals surface area contributed by atoms with Crippen LogP contribution in [0.4, 0.5) is 14.7 Å². The number of alkyl halides is 2. The molecule has 0 unspecified atom stereocenters. The van der Waals surface area contributed by atoms with E-state index in [1.165, 1.54) is 16.1 Å². The molecule has 4 aromatic rings. The minimum Gasteiger partial charge on any atom is -0.395 e. The summed E-state index contributed by atoms with van der Waals surface area (Å²) in [6.07, 6.45) is -1.96. The second-order valence-corrected chi connectivity index (χ2v) is 6.94. The van der Waals surface area contributed by atoms with Gasteiger partial charge in [-0.2, -0.15) is 4.52 Å². The lowest BCUT2D eigenvalue weighted by Gasteiger charge is -2.10. The molecule has 11 heteroatoms. The molecule has 9 nitrogen and oxygen atoms in total. The first-order valence-electron chi connectivity index (χ1n) is 8.86. The SMILES string of the molecule is Nc1nc2c3c(ccc2c2nc(CN4Cc5cccnc5C4)nn12)OC(F)(F)O3. The van der Waals surface area contributed by atoms with Crippen LogP contribution >= 0.6 is 0 Å². The molecule has 0 fully saturated rings. The summed E-state index contributed by atoms with van der Waals surface area (Å²) in [5.74, 6) is 0.305. The van der Waals surface area contributed by atoms with Crippen molar-refractivity contribution in [3.8, 4) is 11.5 Å². The third-order valence-corrected chi connectivity index (χ3v) is 5.00. The summed E-state index contributed by atoms with van der Waals surface area (Å²) in [5.41, 5.74) is 8.80. The molecule has 0 atom stereocenters.